The Kier molecular flexibility index (Phi) is 3.46. The number of carbonyl (C=O) groups excluding carboxylic acids is 1. The standard InChI is InChI=1S/C14H17N3O2/c18-14(17-7-9-19-10-8-17)12-3-4-13(15-11-12)16-5-1-2-6-16/h1-4,11H,5-10H2. The van der Waals surface area contributed by atoms with Crippen LogP contribution in [0.1, 0.15) is 10.4 Å². The summed E-state index contributed by atoms with van der Waals surface area (Å²) in [5.41, 5.74) is 0.651. The zero-order chi connectivity index (χ0) is 13.1. The predicted molar refractivity (Wildman–Crippen MR) is 72.3 cm³/mol. The summed E-state index contributed by atoms with van der Waals surface area (Å²) in [4.78, 5) is 20.6. The summed E-state index contributed by atoms with van der Waals surface area (Å²) in [6.07, 6.45) is 5.91. The SMILES string of the molecule is O=C(c1ccc(N2CC=CC2)nc1)N1CCOCC1. The van der Waals surface area contributed by atoms with Crippen LogP contribution in [-0.2, 0) is 4.74 Å². The van der Waals surface area contributed by atoms with Gasteiger partial charge in [-0.2, -0.15) is 0 Å². The number of morpholine rings is 1. The minimum Gasteiger partial charge on any atom is -0.378 e. The van der Waals surface area contributed by atoms with Crippen LogP contribution in [0.15, 0.2) is 30.5 Å². The predicted octanol–water partition coefficient (Wildman–Crippen LogP) is 0.930. The molecule has 100 valence electrons. The van der Waals surface area contributed by atoms with Gasteiger partial charge < -0.3 is 14.5 Å². The van der Waals surface area contributed by atoms with Gasteiger partial charge in [0.2, 0.25) is 0 Å². The number of aromatic nitrogens is 1. The summed E-state index contributed by atoms with van der Waals surface area (Å²) in [5, 5.41) is 0. The lowest BCUT2D eigenvalue weighted by atomic mass is 10.2. The summed E-state index contributed by atoms with van der Waals surface area (Å²) in [5.74, 6) is 0.963. The zero-order valence-electron chi connectivity index (χ0n) is 10.8. The molecule has 0 atom stereocenters. The molecule has 1 aromatic heterocycles. The smallest absolute Gasteiger partial charge is 0.255 e. The molecular weight excluding hydrogens is 242 g/mol. The van der Waals surface area contributed by atoms with Crippen molar-refractivity contribution in [2.45, 2.75) is 0 Å². The van der Waals surface area contributed by atoms with Crippen LogP contribution < -0.4 is 4.90 Å². The Morgan fingerprint density at radius 3 is 2.53 bits per heavy atom. The van der Waals surface area contributed by atoms with Gasteiger partial charge in [0.1, 0.15) is 5.82 Å². The number of carbonyl (C=O) groups is 1. The lowest BCUT2D eigenvalue weighted by Crippen LogP contribution is -2.40. The first-order valence-electron chi connectivity index (χ1n) is 6.57. The van der Waals surface area contributed by atoms with E-state index in [9.17, 15) is 4.79 Å². The van der Waals surface area contributed by atoms with E-state index in [4.69, 9.17) is 4.74 Å². The molecule has 0 saturated carbocycles. The van der Waals surface area contributed by atoms with E-state index >= 15 is 0 Å². The second-order valence-corrected chi connectivity index (χ2v) is 4.69. The first kappa shape index (κ1) is 12.2. The van der Waals surface area contributed by atoms with Crippen molar-refractivity contribution >= 4 is 11.7 Å². The highest BCUT2D eigenvalue weighted by atomic mass is 16.5. The molecule has 3 rings (SSSR count). The van der Waals surface area contributed by atoms with Gasteiger partial charge in [0, 0.05) is 32.4 Å². The molecule has 0 aliphatic carbocycles. The van der Waals surface area contributed by atoms with E-state index in [0.29, 0.717) is 31.9 Å². The Bertz CT molecular complexity index is 470. The number of rotatable bonds is 2. The fraction of sp³-hybridized carbons (Fsp3) is 0.429. The lowest BCUT2D eigenvalue weighted by molar-refractivity contribution is 0.0302. The van der Waals surface area contributed by atoms with Gasteiger partial charge in [0.25, 0.3) is 5.91 Å². The molecule has 1 fully saturated rings. The molecule has 0 bridgehead atoms. The Morgan fingerprint density at radius 2 is 1.89 bits per heavy atom. The van der Waals surface area contributed by atoms with Crippen LogP contribution in [0.5, 0.6) is 0 Å². The molecule has 5 heteroatoms. The van der Waals surface area contributed by atoms with E-state index in [-0.39, 0.29) is 5.91 Å². The number of nitrogens with zero attached hydrogens (tertiary/aromatic N) is 3. The fourth-order valence-corrected chi connectivity index (χ4v) is 2.31. The van der Waals surface area contributed by atoms with Crippen molar-refractivity contribution < 1.29 is 9.53 Å². The summed E-state index contributed by atoms with van der Waals surface area (Å²) >= 11 is 0. The van der Waals surface area contributed by atoms with Crippen molar-refractivity contribution in [3.8, 4) is 0 Å². The van der Waals surface area contributed by atoms with Crippen LogP contribution in [0.3, 0.4) is 0 Å². The Labute approximate surface area is 112 Å². The maximum absolute atomic E-state index is 12.2. The van der Waals surface area contributed by atoms with Crippen LogP contribution >= 0.6 is 0 Å². The number of hydrogen-bond donors (Lipinski definition) is 0. The average molecular weight is 259 g/mol. The number of anilines is 1. The Hall–Kier alpha value is -1.88. The first-order chi connectivity index (χ1) is 9.34. The number of pyridine rings is 1. The molecule has 2 aliphatic rings. The summed E-state index contributed by atoms with van der Waals surface area (Å²) in [7, 11) is 0. The quantitative estimate of drug-likeness (QED) is 0.741. The molecule has 0 aromatic carbocycles. The molecule has 1 saturated heterocycles. The van der Waals surface area contributed by atoms with Crippen LogP contribution in [0.4, 0.5) is 5.82 Å². The molecule has 1 aromatic rings. The van der Waals surface area contributed by atoms with Gasteiger partial charge >= 0.3 is 0 Å². The van der Waals surface area contributed by atoms with Crippen LogP contribution in [0.2, 0.25) is 0 Å². The van der Waals surface area contributed by atoms with Crippen molar-refractivity contribution in [2.75, 3.05) is 44.3 Å². The lowest BCUT2D eigenvalue weighted by Gasteiger charge is -2.27. The summed E-state index contributed by atoms with van der Waals surface area (Å²) < 4.78 is 5.25. The van der Waals surface area contributed by atoms with Crippen molar-refractivity contribution in [3.63, 3.8) is 0 Å². The topological polar surface area (TPSA) is 45.7 Å². The zero-order valence-corrected chi connectivity index (χ0v) is 10.8. The second kappa shape index (κ2) is 5.40. The van der Waals surface area contributed by atoms with Gasteiger partial charge in [0.15, 0.2) is 0 Å². The molecule has 2 aliphatic heterocycles. The molecule has 19 heavy (non-hydrogen) atoms. The first-order valence-corrected chi connectivity index (χ1v) is 6.57. The maximum Gasteiger partial charge on any atom is 0.255 e. The molecule has 0 N–H and O–H groups in total. The maximum atomic E-state index is 12.2. The third-order valence-corrected chi connectivity index (χ3v) is 3.44. The molecule has 0 radical (unpaired) electrons. The summed E-state index contributed by atoms with van der Waals surface area (Å²) in [6, 6.07) is 3.78. The van der Waals surface area contributed by atoms with Crippen LogP contribution in [0, 0.1) is 0 Å². The summed E-state index contributed by atoms with van der Waals surface area (Å²) in [6.45, 7) is 4.36. The number of amides is 1. The molecule has 5 nitrogen and oxygen atoms in total. The highest BCUT2D eigenvalue weighted by Gasteiger charge is 2.19. The highest BCUT2D eigenvalue weighted by molar-refractivity contribution is 5.94. The second-order valence-electron chi connectivity index (χ2n) is 4.69. The van der Waals surface area contributed by atoms with Crippen molar-refractivity contribution in [2.24, 2.45) is 0 Å². The Balaban J connectivity index is 1.69. The van der Waals surface area contributed by atoms with Gasteiger partial charge in [-0.25, -0.2) is 4.98 Å². The third-order valence-electron chi connectivity index (χ3n) is 3.44. The molecule has 1 amide bonds. The molecule has 0 unspecified atom stereocenters. The van der Waals surface area contributed by atoms with Crippen molar-refractivity contribution in [1.82, 2.24) is 9.88 Å². The largest absolute Gasteiger partial charge is 0.378 e. The van der Waals surface area contributed by atoms with Gasteiger partial charge in [-0.1, -0.05) is 12.2 Å². The average Bonchev–Trinajstić information content (AvgIpc) is 3.02. The molecule has 0 spiro atoms. The highest BCUT2D eigenvalue weighted by Crippen LogP contribution is 2.15. The van der Waals surface area contributed by atoms with Gasteiger partial charge in [-0.05, 0) is 12.1 Å². The van der Waals surface area contributed by atoms with Gasteiger partial charge in [-0.3, -0.25) is 4.79 Å². The van der Waals surface area contributed by atoms with E-state index < -0.39 is 0 Å². The number of ether oxygens (including phenoxy) is 1. The van der Waals surface area contributed by atoms with Crippen LogP contribution in [0.25, 0.3) is 0 Å². The van der Waals surface area contributed by atoms with E-state index in [1.807, 2.05) is 17.0 Å². The van der Waals surface area contributed by atoms with E-state index in [2.05, 4.69) is 22.0 Å². The van der Waals surface area contributed by atoms with E-state index in [1.54, 1.807) is 6.20 Å². The monoisotopic (exact) mass is 259 g/mol. The van der Waals surface area contributed by atoms with Crippen LogP contribution in [-0.4, -0.2) is 55.2 Å². The van der Waals surface area contributed by atoms with E-state index in [0.717, 1.165) is 18.9 Å². The van der Waals surface area contributed by atoms with Gasteiger partial charge in [-0.15, -0.1) is 0 Å². The third kappa shape index (κ3) is 2.61. The van der Waals surface area contributed by atoms with Gasteiger partial charge in [0.05, 0.1) is 18.8 Å². The fourth-order valence-electron chi connectivity index (χ4n) is 2.31. The van der Waals surface area contributed by atoms with Crippen molar-refractivity contribution in [3.05, 3.63) is 36.0 Å². The minimum absolute atomic E-state index is 0.0434. The Morgan fingerprint density at radius 1 is 1.16 bits per heavy atom. The molecular formula is C14H17N3O2. The molecule has 3 heterocycles. The normalized spacial score (nSPS) is 18.9. The van der Waals surface area contributed by atoms with Crippen molar-refractivity contribution in [1.29, 1.82) is 0 Å². The number of hydrogen-bond acceptors (Lipinski definition) is 4. The van der Waals surface area contributed by atoms with E-state index in [1.165, 1.54) is 0 Å². The minimum atomic E-state index is 0.0434.